The van der Waals surface area contributed by atoms with Gasteiger partial charge in [0.15, 0.2) is 19.6 Å². The molecule has 0 saturated heterocycles. The van der Waals surface area contributed by atoms with Crippen molar-refractivity contribution >= 4 is 32.2 Å². The lowest BCUT2D eigenvalue weighted by Crippen LogP contribution is -2.52. The number of pyridine rings is 1. The van der Waals surface area contributed by atoms with E-state index in [1.54, 1.807) is 0 Å². The van der Waals surface area contributed by atoms with Crippen molar-refractivity contribution in [1.29, 1.82) is 0 Å². The number of amides is 2. The van der Waals surface area contributed by atoms with Gasteiger partial charge in [-0.25, -0.2) is 19.4 Å². The molecule has 0 aromatic carbocycles. The van der Waals surface area contributed by atoms with Gasteiger partial charge in [-0.1, -0.05) is 6.08 Å². The molecule has 0 bridgehead atoms. The molecule has 0 radical (unpaired) electrons. The lowest BCUT2D eigenvalue weighted by atomic mass is 9.88. The summed E-state index contributed by atoms with van der Waals surface area (Å²) in [5.41, 5.74) is -12.4. The highest BCUT2D eigenvalue weighted by molar-refractivity contribution is 6.69. The van der Waals surface area contributed by atoms with Gasteiger partial charge in [-0.3, -0.25) is 0 Å². The van der Waals surface area contributed by atoms with Crippen molar-refractivity contribution in [2.24, 2.45) is 0 Å². The number of ether oxygens (including phenoxy) is 3. The van der Waals surface area contributed by atoms with Crippen LogP contribution in [-0.2, 0) is 30.4 Å². The van der Waals surface area contributed by atoms with Crippen molar-refractivity contribution in [2.45, 2.75) is 103 Å². The zero-order valence-corrected chi connectivity index (χ0v) is 26.8. The van der Waals surface area contributed by atoms with Crippen LogP contribution in [0.15, 0.2) is 18.7 Å². The monoisotopic (exact) mass is 644 g/mol. The van der Waals surface area contributed by atoms with E-state index in [0.29, 0.717) is 0 Å². The van der Waals surface area contributed by atoms with Crippen molar-refractivity contribution in [2.75, 3.05) is 12.0 Å². The average molecular weight is 645 g/mol. The number of allylic oxidation sites excluding steroid dienone is 1. The Bertz CT molecular complexity index is 1190. The first-order valence-electron chi connectivity index (χ1n) is 12.9. The molecule has 0 aliphatic carbocycles. The third kappa shape index (κ3) is 9.94. The second kappa shape index (κ2) is 12.8. The molecule has 2 amide bonds. The molecule has 0 N–H and O–H groups in total. The van der Waals surface area contributed by atoms with Gasteiger partial charge in [-0.15, -0.1) is 6.58 Å². The summed E-state index contributed by atoms with van der Waals surface area (Å²) in [5, 5.41) is 0. The van der Waals surface area contributed by atoms with E-state index in [1.165, 1.54) is 61.2 Å². The van der Waals surface area contributed by atoms with E-state index in [1.807, 2.05) is 0 Å². The van der Waals surface area contributed by atoms with Gasteiger partial charge in [0.1, 0.15) is 11.2 Å². The summed E-state index contributed by atoms with van der Waals surface area (Å²) in [6.07, 6.45) is -14.7. The number of aromatic nitrogens is 1. The van der Waals surface area contributed by atoms with Crippen LogP contribution in [-0.4, -0.2) is 55.9 Å². The van der Waals surface area contributed by atoms with Gasteiger partial charge < -0.3 is 18.6 Å². The standard InChI is InChI=1S/C27H38F6N2O7Si/c1-12-13-14-25(27(31,32)33,42-43(9,10)11)19-16(26(28,29)30)15-17(18(34-19)20(36)39-8)35(21(37)40-23(2,3)4)22(38)41-24(5,6)7/h12,15H,1,13-14H2,2-11H3. The van der Waals surface area contributed by atoms with E-state index < -0.39 is 91.1 Å². The van der Waals surface area contributed by atoms with E-state index in [4.69, 9.17) is 13.9 Å². The lowest BCUT2D eigenvalue weighted by Gasteiger charge is -2.41. The molecular formula is C27H38F6N2O7Si. The van der Waals surface area contributed by atoms with Crippen LogP contribution in [0, 0.1) is 0 Å². The molecule has 1 rings (SSSR count). The molecule has 1 aromatic heterocycles. The maximum atomic E-state index is 15.0. The summed E-state index contributed by atoms with van der Waals surface area (Å²) in [7, 11) is -2.55. The van der Waals surface area contributed by atoms with Crippen LogP contribution in [0.3, 0.4) is 0 Å². The Morgan fingerprint density at radius 3 is 1.72 bits per heavy atom. The summed E-state index contributed by atoms with van der Waals surface area (Å²) >= 11 is 0. The largest absolute Gasteiger partial charge is 0.464 e. The van der Waals surface area contributed by atoms with Gasteiger partial charge in [-0.05, 0) is 80.1 Å². The number of hydrogen-bond donors (Lipinski definition) is 0. The lowest BCUT2D eigenvalue weighted by molar-refractivity contribution is -0.264. The topological polar surface area (TPSA) is 104 Å². The van der Waals surface area contributed by atoms with Gasteiger partial charge >= 0.3 is 30.5 Å². The third-order valence-electron chi connectivity index (χ3n) is 5.10. The van der Waals surface area contributed by atoms with Crippen LogP contribution < -0.4 is 4.90 Å². The SMILES string of the molecule is C=CCCC(O[Si](C)(C)C)(c1nc(C(=O)OC)c(N(C(=O)OC(C)(C)C)C(=O)OC(C)(C)C)cc1C(F)(F)F)C(F)(F)F. The van der Waals surface area contributed by atoms with E-state index in [0.717, 1.165) is 13.2 Å². The van der Waals surface area contributed by atoms with Gasteiger partial charge in [0.25, 0.3) is 0 Å². The minimum atomic E-state index is -5.56. The Morgan fingerprint density at radius 2 is 1.40 bits per heavy atom. The highest BCUT2D eigenvalue weighted by atomic mass is 28.4. The first-order chi connectivity index (χ1) is 19.1. The fourth-order valence-corrected chi connectivity index (χ4v) is 5.07. The first-order valence-corrected chi connectivity index (χ1v) is 16.4. The Hall–Kier alpha value is -3.14. The molecule has 0 saturated carbocycles. The number of methoxy groups -OCH3 is 1. The zero-order valence-electron chi connectivity index (χ0n) is 25.8. The molecule has 1 unspecified atom stereocenters. The molecular weight excluding hydrogens is 606 g/mol. The van der Waals surface area contributed by atoms with Crippen LogP contribution >= 0.6 is 0 Å². The Balaban J connectivity index is 4.48. The number of nitrogens with zero attached hydrogens (tertiary/aromatic N) is 2. The fourth-order valence-electron chi connectivity index (χ4n) is 3.71. The summed E-state index contributed by atoms with van der Waals surface area (Å²) in [6, 6.07) is 0.0321. The number of esters is 1. The summed E-state index contributed by atoms with van der Waals surface area (Å²) in [4.78, 5) is 42.8. The Labute approximate surface area is 247 Å². The van der Waals surface area contributed by atoms with E-state index in [9.17, 15) is 40.7 Å². The van der Waals surface area contributed by atoms with Crippen LogP contribution in [0.5, 0.6) is 0 Å². The molecule has 9 nitrogen and oxygen atoms in total. The van der Waals surface area contributed by atoms with Crippen LogP contribution in [0.4, 0.5) is 41.6 Å². The van der Waals surface area contributed by atoms with E-state index in [-0.39, 0.29) is 11.0 Å². The van der Waals surface area contributed by atoms with Crippen molar-refractivity contribution in [3.8, 4) is 0 Å². The normalized spacial score (nSPS) is 14.4. The number of carbonyl (C=O) groups excluding carboxylic acids is 3. The second-order valence-electron chi connectivity index (χ2n) is 12.4. The maximum absolute atomic E-state index is 15.0. The maximum Gasteiger partial charge on any atom is 0.424 e. The summed E-state index contributed by atoms with van der Waals surface area (Å²) < 4.78 is 109. The summed E-state index contributed by atoms with van der Waals surface area (Å²) in [6.45, 7) is 15.6. The van der Waals surface area contributed by atoms with Gasteiger partial charge in [0, 0.05) is 0 Å². The zero-order chi connectivity index (χ0) is 34.0. The predicted octanol–water partition coefficient (Wildman–Crippen LogP) is 8.14. The molecule has 244 valence electrons. The van der Waals surface area contributed by atoms with Crippen molar-refractivity contribution in [1.82, 2.24) is 4.98 Å². The number of anilines is 1. The van der Waals surface area contributed by atoms with Crippen molar-refractivity contribution in [3.05, 3.63) is 35.7 Å². The second-order valence-corrected chi connectivity index (χ2v) is 16.8. The minimum absolute atomic E-state index is 0.0321. The number of carbonyl (C=O) groups is 3. The van der Waals surface area contributed by atoms with E-state index in [2.05, 4.69) is 16.3 Å². The average Bonchev–Trinajstić information content (AvgIpc) is 2.76. The highest BCUT2D eigenvalue weighted by Gasteiger charge is 2.62. The minimum Gasteiger partial charge on any atom is -0.464 e. The predicted molar refractivity (Wildman–Crippen MR) is 147 cm³/mol. The smallest absolute Gasteiger partial charge is 0.424 e. The number of imide groups is 1. The number of hydrogen-bond acceptors (Lipinski definition) is 8. The Kier molecular flexibility index (Phi) is 11.3. The molecule has 16 heteroatoms. The Morgan fingerprint density at radius 1 is 0.930 bits per heavy atom. The van der Waals surface area contributed by atoms with E-state index >= 15 is 0 Å². The van der Waals surface area contributed by atoms with Gasteiger partial charge in [0.2, 0.25) is 0 Å². The molecule has 1 atom stereocenters. The number of rotatable bonds is 8. The molecule has 1 aromatic rings. The van der Waals surface area contributed by atoms with Crippen molar-refractivity contribution < 1.29 is 59.4 Å². The van der Waals surface area contributed by atoms with Gasteiger partial charge in [0.05, 0.1) is 24.1 Å². The molecule has 0 spiro atoms. The number of halogens is 6. The molecule has 0 aliphatic heterocycles. The molecule has 1 heterocycles. The third-order valence-corrected chi connectivity index (χ3v) is 6.06. The molecule has 43 heavy (non-hydrogen) atoms. The van der Waals surface area contributed by atoms with Crippen LogP contribution in [0.25, 0.3) is 0 Å². The fraction of sp³-hybridized carbons (Fsp3) is 0.630. The molecule has 0 aliphatic rings. The highest BCUT2D eigenvalue weighted by Crippen LogP contribution is 2.51. The first kappa shape index (κ1) is 37.9. The molecule has 0 fully saturated rings. The van der Waals surface area contributed by atoms with Gasteiger partial charge in [-0.2, -0.15) is 31.2 Å². The van der Waals surface area contributed by atoms with Crippen LogP contribution in [0.1, 0.15) is 76.1 Å². The quantitative estimate of drug-likeness (QED) is 0.0919. The number of alkyl halides is 6. The summed E-state index contributed by atoms with van der Waals surface area (Å²) in [5.74, 6) is -1.56. The van der Waals surface area contributed by atoms with Crippen molar-refractivity contribution in [3.63, 3.8) is 0 Å². The van der Waals surface area contributed by atoms with Crippen LogP contribution in [0.2, 0.25) is 19.6 Å².